The Morgan fingerprint density at radius 1 is 1.00 bits per heavy atom. The van der Waals surface area contributed by atoms with E-state index in [-0.39, 0.29) is 5.82 Å². The van der Waals surface area contributed by atoms with E-state index in [0.29, 0.717) is 17.3 Å². The standard InChI is InChI=1S/C22H19FN6/c1-15-12-20(18-6-4-3-5-7-18)29(28-15)22-13-21(24-14-25-22)27-26-16(2)17-8-10-19(23)11-9-17/h3-14H,1-2H3,(H,24,25,27)/b26-16+. The van der Waals surface area contributed by atoms with Crippen LogP contribution in [0.4, 0.5) is 10.2 Å². The number of aryl methyl sites for hydroxylation is 1. The highest BCUT2D eigenvalue weighted by molar-refractivity contribution is 5.99. The fourth-order valence-corrected chi connectivity index (χ4v) is 2.91. The summed E-state index contributed by atoms with van der Waals surface area (Å²) in [5.41, 5.74) is 7.35. The number of hydrogen-bond donors (Lipinski definition) is 1. The second-order valence-electron chi connectivity index (χ2n) is 6.53. The van der Waals surface area contributed by atoms with Gasteiger partial charge < -0.3 is 0 Å². The lowest BCUT2D eigenvalue weighted by atomic mass is 10.1. The van der Waals surface area contributed by atoms with E-state index in [1.165, 1.54) is 18.5 Å². The minimum atomic E-state index is -0.279. The maximum absolute atomic E-state index is 13.1. The number of rotatable bonds is 5. The van der Waals surface area contributed by atoms with E-state index in [1.807, 2.05) is 50.2 Å². The van der Waals surface area contributed by atoms with Gasteiger partial charge in [0.15, 0.2) is 11.6 Å². The van der Waals surface area contributed by atoms with Crippen molar-refractivity contribution in [2.24, 2.45) is 5.10 Å². The molecule has 0 aliphatic rings. The summed E-state index contributed by atoms with van der Waals surface area (Å²) in [5.74, 6) is 0.881. The second kappa shape index (κ2) is 8.02. The fourth-order valence-electron chi connectivity index (χ4n) is 2.91. The van der Waals surface area contributed by atoms with Gasteiger partial charge in [-0.1, -0.05) is 42.5 Å². The van der Waals surface area contributed by atoms with E-state index in [0.717, 1.165) is 22.5 Å². The second-order valence-corrected chi connectivity index (χ2v) is 6.53. The Hall–Kier alpha value is -3.87. The van der Waals surface area contributed by atoms with E-state index < -0.39 is 0 Å². The van der Waals surface area contributed by atoms with Crippen LogP contribution in [0.2, 0.25) is 0 Å². The molecule has 0 saturated heterocycles. The van der Waals surface area contributed by atoms with Crippen molar-refractivity contribution < 1.29 is 4.39 Å². The SMILES string of the molecule is C/C(=N\Nc1cc(-n2nc(C)cc2-c2ccccc2)ncn1)c1ccc(F)cc1. The molecule has 0 bridgehead atoms. The van der Waals surface area contributed by atoms with Crippen LogP contribution < -0.4 is 5.43 Å². The van der Waals surface area contributed by atoms with Crippen molar-refractivity contribution in [2.75, 3.05) is 5.43 Å². The summed E-state index contributed by atoms with van der Waals surface area (Å²) in [7, 11) is 0. The van der Waals surface area contributed by atoms with Crippen molar-refractivity contribution in [3.8, 4) is 17.1 Å². The summed E-state index contributed by atoms with van der Waals surface area (Å²) in [6.07, 6.45) is 1.46. The maximum atomic E-state index is 13.1. The molecule has 144 valence electrons. The van der Waals surface area contributed by atoms with Crippen LogP contribution in [0.1, 0.15) is 18.2 Å². The highest BCUT2D eigenvalue weighted by Crippen LogP contribution is 2.23. The van der Waals surface area contributed by atoms with E-state index in [9.17, 15) is 4.39 Å². The number of nitrogens with one attached hydrogen (secondary N) is 1. The van der Waals surface area contributed by atoms with E-state index in [2.05, 4.69) is 25.6 Å². The molecule has 2 aromatic carbocycles. The fraction of sp³-hybridized carbons (Fsp3) is 0.0909. The zero-order chi connectivity index (χ0) is 20.2. The van der Waals surface area contributed by atoms with Crippen LogP contribution in [-0.2, 0) is 0 Å². The normalized spacial score (nSPS) is 11.5. The third-order valence-electron chi connectivity index (χ3n) is 4.37. The number of aromatic nitrogens is 4. The molecule has 29 heavy (non-hydrogen) atoms. The highest BCUT2D eigenvalue weighted by atomic mass is 19.1. The number of anilines is 1. The van der Waals surface area contributed by atoms with Crippen LogP contribution in [0, 0.1) is 12.7 Å². The molecule has 0 amide bonds. The van der Waals surface area contributed by atoms with Crippen molar-refractivity contribution in [2.45, 2.75) is 13.8 Å². The van der Waals surface area contributed by atoms with Gasteiger partial charge in [-0.15, -0.1) is 0 Å². The van der Waals surface area contributed by atoms with Crippen LogP contribution in [0.15, 0.2) is 78.2 Å². The Kier molecular flexibility index (Phi) is 5.11. The van der Waals surface area contributed by atoms with Crippen molar-refractivity contribution in [1.82, 2.24) is 19.7 Å². The van der Waals surface area contributed by atoms with E-state index >= 15 is 0 Å². The highest BCUT2D eigenvalue weighted by Gasteiger charge is 2.11. The van der Waals surface area contributed by atoms with Crippen LogP contribution in [-0.4, -0.2) is 25.5 Å². The minimum Gasteiger partial charge on any atom is -0.261 e. The molecule has 4 aromatic rings. The molecule has 0 spiro atoms. The molecule has 4 rings (SSSR count). The van der Waals surface area contributed by atoms with Gasteiger partial charge in [0.1, 0.15) is 12.1 Å². The van der Waals surface area contributed by atoms with Crippen LogP contribution in [0.5, 0.6) is 0 Å². The predicted molar refractivity (Wildman–Crippen MR) is 112 cm³/mol. The molecular weight excluding hydrogens is 367 g/mol. The average Bonchev–Trinajstić information content (AvgIpc) is 3.15. The lowest BCUT2D eigenvalue weighted by molar-refractivity contribution is 0.628. The van der Waals surface area contributed by atoms with Crippen molar-refractivity contribution in [3.05, 3.63) is 90.1 Å². The van der Waals surface area contributed by atoms with Gasteiger partial charge in [0.05, 0.1) is 17.1 Å². The predicted octanol–water partition coefficient (Wildman–Crippen LogP) is 4.61. The molecule has 7 heteroatoms. The van der Waals surface area contributed by atoms with E-state index in [4.69, 9.17) is 0 Å². The first-order valence-electron chi connectivity index (χ1n) is 9.11. The maximum Gasteiger partial charge on any atom is 0.159 e. The zero-order valence-electron chi connectivity index (χ0n) is 16.0. The number of hydrogen-bond acceptors (Lipinski definition) is 5. The lowest BCUT2D eigenvalue weighted by Gasteiger charge is -2.08. The third-order valence-corrected chi connectivity index (χ3v) is 4.37. The van der Waals surface area contributed by atoms with Gasteiger partial charge in [-0.2, -0.15) is 10.2 Å². The number of hydrazone groups is 1. The summed E-state index contributed by atoms with van der Waals surface area (Å²) in [4.78, 5) is 8.59. The largest absolute Gasteiger partial charge is 0.261 e. The molecule has 0 unspecified atom stereocenters. The third kappa shape index (κ3) is 4.19. The summed E-state index contributed by atoms with van der Waals surface area (Å²) in [5, 5.41) is 8.92. The quantitative estimate of drug-likeness (QED) is 0.402. The van der Waals surface area contributed by atoms with Gasteiger partial charge in [-0.05, 0) is 37.6 Å². The molecule has 6 nitrogen and oxygen atoms in total. The molecule has 2 heterocycles. The van der Waals surface area contributed by atoms with Crippen molar-refractivity contribution >= 4 is 11.5 Å². The Morgan fingerprint density at radius 3 is 2.52 bits per heavy atom. The van der Waals surface area contributed by atoms with Gasteiger partial charge in [0, 0.05) is 11.6 Å². The first kappa shape index (κ1) is 18.5. The molecule has 0 saturated carbocycles. The number of halogens is 1. The molecular formula is C22H19FN6. The first-order chi connectivity index (χ1) is 14.1. The summed E-state index contributed by atoms with van der Waals surface area (Å²) in [6.45, 7) is 3.78. The van der Waals surface area contributed by atoms with Gasteiger partial charge >= 0.3 is 0 Å². The van der Waals surface area contributed by atoms with Crippen LogP contribution >= 0.6 is 0 Å². The molecule has 0 atom stereocenters. The van der Waals surface area contributed by atoms with Crippen molar-refractivity contribution in [3.63, 3.8) is 0 Å². The van der Waals surface area contributed by atoms with Crippen molar-refractivity contribution in [1.29, 1.82) is 0 Å². The van der Waals surface area contributed by atoms with E-state index in [1.54, 1.807) is 22.9 Å². The monoisotopic (exact) mass is 386 g/mol. The first-order valence-corrected chi connectivity index (χ1v) is 9.11. The Labute approximate surface area is 167 Å². The Bertz CT molecular complexity index is 1150. The van der Waals surface area contributed by atoms with Gasteiger partial charge in [0.2, 0.25) is 0 Å². The molecule has 1 N–H and O–H groups in total. The summed E-state index contributed by atoms with van der Waals surface area (Å²) < 4.78 is 14.9. The molecule has 0 aliphatic heterocycles. The van der Waals surface area contributed by atoms with Crippen LogP contribution in [0.25, 0.3) is 17.1 Å². The minimum absolute atomic E-state index is 0.279. The molecule has 0 aliphatic carbocycles. The smallest absolute Gasteiger partial charge is 0.159 e. The Morgan fingerprint density at radius 2 is 1.76 bits per heavy atom. The number of nitrogens with zero attached hydrogens (tertiary/aromatic N) is 5. The van der Waals surface area contributed by atoms with Gasteiger partial charge in [-0.25, -0.2) is 19.0 Å². The number of benzene rings is 2. The van der Waals surface area contributed by atoms with Gasteiger partial charge in [0.25, 0.3) is 0 Å². The summed E-state index contributed by atoms with van der Waals surface area (Å²) in [6, 6.07) is 20.0. The Balaban J connectivity index is 1.62. The molecule has 2 aromatic heterocycles. The topological polar surface area (TPSA) is 68.0 Å². The zero-order valence-corrected chi connectivity index (χ0v) is 16.0. The van der Waals surface area contributed by atoms with Crippen LogP contribution in [0.3, 0.4) is 0 Å². The lowest BCUT2D eigenvalue weighted by Crippen LogP contribution is -2.05. The average molecular weight is 386 g/mol. The van der Waals surface area contributed by atoms with Gasteiger partial charge in [-0.3, -0.25) is 5.43 Å². The molecule has 0 fully saturated rings. The molecule has 0 radical (unpaired) electrons. The summed E-state index contributed by atoms with van der Waals surface area (Å²) >= 11 is 0.